The maximum Gasteiger partial charge on any atom is 0.416 e. The first-order valence-electron chi connectivity index (χ1n) is 9.44. The van der Waals surface area contributed by atoms with E-state index in [1.165, 1.54) is 12.1 Å². The highest BCUT2D eigenvalue weighted by atomic mass is 19.4. The van der Waals surface area contributed by atoms with Gasteiger partial charge < -0.3 is 10.1 Å². The van der Waals surface area contributed by atoms with Crippen molar-refractivity contribution in [2.24, 2.45) is 5.92 Å². The molecule has 1 N–H and O–H groups in total. The summed E-state index contributed by atoms with van der Waals surface area (Å²) in [6, 6.07) is 11.6. The van der Waals surface area contributed by atoms with E-state index in [0.29, 0.717) is 30.6 Å². The van der Waals surface area contributed by atoms with Crippen LogP contribution in [0.15, 0.2) is 48.5 Å². The van der Waals surface area contributed by atoms with E-state index < -0.39 is 11.7 Å². The van der Waals surface area contributed by atoms with Crippen LogP contribution >= 0.6 is 0 Å². The average molecular weight is 407 g/mol. The number of rotatable bonds is 8. The van der Waals surface area contributed by atoms with E-state index in [4.69, 9.17) is 4.74 Å². The largest absolute Gasteiger partial charge is 0.466 e. The van der Waals surface area contributed by atoms with Crippen LogP contribution in [0.25, 0.3) is 0 Å². The highest BCUT2D eigenvalue weighted by molar-refractivity contribution is 5.94. The third-order valence-electron chi connectivity index (χ3n) is 4.55. The van der Waals surface area contributed by atoms with Crippen molar-refractivity contribution < 1.29 is 27.5 Å². The summed E-state index contributed by atoms with van der Waals surface area (Å²) in [5.41, 5.74) is 1.20. The van der Waals surface area contributed by atoms with E-state index in [-0.39, 0.29) is 24.3 Å². The summed E-state index contributed by atoms with van der Waals surface area (Å²) < 4.78 is 42.8. The lowest BCUT2D eigenvalue weighted by atomic mass is 9.96. The number of nitrogens with one attached hydrogen (secondary N) is 1. The Hall–Kier alpha value is -2.83. The van der Waals surface area contributed by atoms with Gasteiger partial charge in [0.25, 0.3) is 5.91 Å². The van der Waals surface area contributed by atoms with Crippen LogP contribution in [0.1, 0.15) is 47.3 Å². The molecule has 0 aromatic heterocycles. The zero-order valence-corrected chi connectivity index (χ0v) is 16.4. The highest BCUT2D eigenvalue weighted by Crippen LogP contribution is 2.29. The minimum Gasteiger partial charge on any atom is -0.466 e. The fraction of sp³-hybridized carbons (Fsp3) is 0.364. The number of benzene rings is 2. The van der Waals surface area contributed by atoms with Crippen molar-refractivity contribution in [2.45, 2.75) is 39.4 Å². The molecule has 1 atom stereocenters. The van der Waals surface area contributed by atoms with Gasteiger partial charge in [0, 0.05) is 12.1 Å². The second kappa shape index (κ2) is 10.1. The Morgan fingerprint density at radius 2 is 1.55 bits per heavy atom. The van der Waals surface area contributed by atoms with E-state index in [1.54, 1.807) is 31.2 Å². The Bertz CT molecular complexity index is 815. The molecule has 0 fully saturated rings. The van der Waals surface area contributed by atoms with Gasteiger partial charge >= 0.3 is 12.1 Å². The SMILES string of the molecule is CCOC(=O)C(CC)Cc1ccc(C(=O)NCc2ccc(C(F)(F)F)cc2)cc1. The van der Waals surface area contributed by atoms with Gasteiger partial charge in [-0.25, -0.2) is 0 Å². The van der Waals surface area contributed by atoms with Crippen molar-refractivity contribution in [3.63, 3.8) is 0 Å². The first-order valence-corrected chi connectivity index (χ1v) is 9.44. The Morgan fingerprint density at radius 1 is 0.966 bits per heavy atom. The van der Waals surface area contributed by atoms with Crippen LogP contribution in [0, 0.1) is 5.92 Å². The van der Waals surface area contributed by atoms with Crippen LogP contribution in [0.4, 0.5) is 13.2 Å². The Labute approximate surface area is 168 Å². The van der Waals surface area contributed by atoms with Crippen molar-refractivity contribution in [3.05, 3.63) is 70.8 Å². The fourth-order valence-electron chi connectivity index (χ4n) is 2.83. The fourth-order valence-corrected chi connectivity index (χ4v) is 2.83. The summed E-state index contributed by atoms with van der Waals surface area (Å²) >= 11 is 0. The van der Waals surface area contributed by atoms with E-state index in [9.17, 15) is 22.8 Å². The zero-order chi connectivity index (χ0) is 21.4. The first kappa shape index (κ1) is 22.5. The minimum atomic E-state index is -4.38. The minimum absolute atomic E-state index is 0.124. The lowest BCUT2D eigenvalue weighted by Gasteiger charge is -2.14. The van der Waals surface area contributed by atoms with Gasteiger partial charge in [-0.15, -0.1) is 0 Å². The molecule has 0 aliphatic rings. The molecule has 1 amide bonds. The molecule has 2 aromatic carbocycles. The summed E-state index contributed by atoms with van der Waals surface area (Å²) in [4.78, 5) is 24.2. The molecule has 0 bridgehead atoms. The molecule has 4 nitrogen and oxygen atoms in total. The molecule has 0 saturated heterocycles. The van der Waals surface area contributed by atoms with Gasteiger partial charge in [0.1, 0.15) is 0 Å². The third-order valence-corrected chi connectivity index (χ3v) is 4.55. The lowest BCUT2D eigenvalue weighted by molar-refractivity contribution is -0.148. The monoisotopic (exact) mass is 407 g/mol. The maximum absolute atomic E-state index is 12.6. The molecule has 0 aliphatic carbocycles. The van der Waals surface area contributed by atoms with Crippen LogP contribution in [-0.2, 0) is 28.7 Å². The Balaban J connectivity index is 1.92. The molecule has 0 heterocycles. The van der Waals surface area contributed by atoms with Crippen LogP contribution in [0.2, 0.25) is 0 Å². The number of hydrogen-bond donors (Lipinski definition) is 1. The van der Waals surface area contributed by atoms with Gasteiger partial charge in [0.2, 0.25) is 0 Å². The predicted octanol–water partition coefficient (Wildman–Crippen LogP) is 4.77. The van der Waals surface area contributed by atoms with Crippen molar-refractivity contribution in [2.75, 3.05) is 6.61 Å². The number of ether oxygens (including phenoxy) is 1. The summed E-state index contributed by atoms with van der Waals surface area (Å²) in [6.45, 7) is 4.15. The normalized spacial score (nSPS) is 12.3. The number of halogens is 3. The standard InChI is InChI=1S/C22H24F3NO3/c1-3-17(21(28)29-4-2)13-15-5-9-18(10-6-15)20(27)26-14-16-7-11-19(12-8-16)22(23,24)25/h5-12,17H,3-4,13-14H2,1-2H3,(H,26,27). The third kappa shape index (κ3) is 6.62. The highest BCUT2D eigenvalue weighted by Gasteiger charge is 2.29. The molecule has 156 valence electrons. The Kier molecular flexibility index (Phi) is 7.82. The van der Waals surface area contributed by atoms with E-state index >= 15 is 0 Å². The molecule has 2 aromatic rings. The number of carbonyl (C=O) groups is 2. The zero-order valence-electron chi connectivity index (χ0n) is 16.4. The van der Waals surface area contributed by atoms with E-state index in [2.05, 4.69) is 5.32 Å². The Morgan fingerprint density at radius 3 is 2.07 bits per heavy atom. The molecule has 0 radical (unpaired) electrons. The topological polar surface area (TPSA) is 55.4 Å². The molecule has 0 aliphatic heterocycles. The molecule has 7 heteroatoms. The van der Waals surface area contributed by atoms with Gasteiger partial charge in [-0.3, -0.25) is 9.59 Å². The van der Waals surface area contributed by atoms with Crippen molar-refractivity contribution in [1.29, 1.82) is 0 Å². The molecular weight excluding hydrogens is 383 g/mol. The van der Waals surface area contributed by atoms with Crippen molar-refractivity contribution >= 4 is 11.9 Å². The number of hydrogen-bond acceptors (Lipinski definition) is 3. The van der Waals surface area contributed by atoms with Gasteiger partial charge in [-0.1, -0.05) is 31.2 Å². The molecule has 0 saturated carbocycles. The van der Waals surface area contributed by atoms with Crippen molar-refractivity contribution in [1.82, 2.24) is 5.32 Å². The first-order chi connectivity index (χ1) is 13.7. The lowest BCUT2D eigenvalue weighted by Crippen LogP contribution is -2.23. The smallest absolute Gasteiger partial charge is 0.416 e. The summed E-state index contributed by atoms with van der Waals surface area (Å²) in [5, 5.41) is 2.69. The average Bonchev–Trinajstić information content (AvgIpc) is 2.70. The summed E-state index contributed by atoms with van der Waals surface area (Å²) in [7, 11) is 0. The molecule has 0 spiro atoms. The number of amides is 1. The van der Waals surface area contributed by atoms with Gasteiger partial charge in [-0.2, -0.15) is 13.2 Å². The number of esters is 1. The van der Waals surface area contributed by atoms with Crippen LogP contribution in [0.3, 0.4) is 0 Å². The van der Waals surface area contributed by atoms with E-state index in [1.807, 2.05) is 6.92 Å². The van der Waals surface area contributed by atoms with Crippen LogP contribution in [-0.4, -0.2) is 18.5 Å². The van der Waals surface area contributed by atoms with Crippen LogP contribution < -0.4 is 5.32 Å². The molecule has 2 rings (SSSR count). The molecule has 1 unspecified atom stereocenters. The van der Waals surface area contributed by atoms with Gasteiger partial charge in [-0.05, 0) is 55.2 Å². The summed E-state index contributed by atoms with van der Waals surface area (Å²) in [6.07, 6.45) is -3.19. The summed E-state index contributed by atoms with van der Waals surface area (Å²) in [5.74, 6) is -0.781. The van der Waals surface area contributed by atoms with Gasteiger partial charge in [0.05, 0.1) is 18.1 Å². The van der Waals surface area contributed by atoms with Gasteiger partial charge in [0.15, 0.2) is 0 Å². The quantitative estimate of drug-likeness (QED) is 0.642. The van der Waals surface area contributed by atoms with E-state index in [0.717, 1.165) is 17.7 Å². The predicted molar refractivity (Wildman–Crippen MR) is 103 cm³/mol. The second-order valence-electron chi connectivity index (χ2n) is 6.64. The van der Waals surface area contributed by atoms with Crippen LogP contribution in [0.5, 0.6) is 0 Å². The molecular formula is C22H24F3NO3. The number of alkyl halides is 3. The number of carbonyl (C=O) groups excluding carboxylic acids is 2. The molecule has 29 heavy (non-hydrogen) atoms. The second-order valence-corrected chi connectivity index (χ2v) is 6.64. The van der Waals surface area contributed by atoms with Crippen molar-refractivity contribution in [3.8, 4) is 0 Å². The maximum atomic E-state index is 12.6.